The van der Waals surface area contributed by atoms with Crippen molar-refractivity contribution in [3.63, 3.8) is 0 Å². The van der Waals surface area contributed by atoms with Gasteiger partial charge in [0.2, 0.25) is 0 Å². The summed E-state index contributed by atoms with van der Waals surface area (Å²) in [7, 11) is 1.59. The van der Waals surface area contributed by atoms with E-state index in [4.69, 9.17) is 15.2 Å². The van der Waals surface area contributed by atoms with Crippen molar-refractivity contribution in [1.29, 1.82) is 0 Å². The average molecular weight is 266 g/mol. The molecule has 3 N–H and O–H groups in total. The molecule has 0 saturated heterocycles. The maximum atomic E-state index is 11.5. The van der Waals surface area contributed by atoms with Crippen molar-refractivity contribution < 1.29 is 14.3 Å². The van der Waals surface area contributed by atoms with Gasteiger partial charge in [-0.15, -0.1) is 0 Å². The number of carbonyl (C=O) groups excluding carboxylic acids is 1. The molecule has 106 valence electrons. The average Bonchev–Trinajstić information content (AvgIpc) is 2.36. The van der Waals surface area contributed by atoms with Crippen LogP contribution in [0.1, 0.15) is 24.1 Å². The van der Waals surface area contributed by atoms with Crippen molar-refractivity contribution in [2.75, 3.05) is 26.9 Å². The Morgan fingerprint density at radius 3 is 2.84 bits per heavy atom. The first-order valence-electron chi connectivity index (χ1n) is 6.29. The van der Waals surface area contributed by atoms with Crippen LogP contribution in [0.4, 0.5) is 0 Å². The molecule has 0 aliphatic carbocycles. The third-order valence-electron chi connectivity index (χ3n) is 2.65. The molecule has 0 bridgehead atoms. The molecule has 1 aromatic carbocycles. The van der Waals surface area contributed by atoms with Crippen LogP contribution in [0, 0.1) is 6.92 Å². The first-order valence-corrected chi connectivity index (χ1v) is 6.29. The van der Waals surface area contributed by atoms with Gasteiger partial charge < -0.3 is 20.5 Å². The smallest absolute Gasteiger partial charge is 0.258 e. The Morgan fingerprint density at radius 1 is 1.47 bits per heavy atom. The van der Waals surface area contributed by atoms with Gasteiger partial charge in [-0.25, -0.2) is 0 Å². The zero-order valence-electron chi connectivity index (χ0n) is 11.7. The molecule has 0 aliphatic heterocycles. The molecule has 0 aromatic heterocycles. The molecule has 0 spiro atoms. The van der Waals surface area contributed by atoms with Crippen LogP contribution in [0.5, 0.6) is 5.75 Å². The molecule has 1 rings (SSSR count). The Balaban J connectivity index is 2.56. The number of nitrogens with one attached hydrogen (secondary N) is 1. The summed E-state index contributed by atoms with van der Waals surface area (Å²) in [6.07, 6.45) is 0. The molecule has 0 unspecified atom stereocenters. The molecule has 19 heavy (non-hydrogen) atoms. The molecule has 0 saturated carbocycles. The predicted molar refractivity (Wildman–Crippen MR) is 74.2 cm³/mol. The third kappa shape index (κ3) is 5.28. The van der Waals surface area contributed by atoms with Gasteiger partial charge >= 0.3 is 0 Å². The van der Waals surface area contributed by atoms with Gasteiger partial charge in [0.1, 0.15) is 5.75 Å². The minimum Gasteiger partial charge on any atom is -0.483 e. The summed E-state index contributed by atoms with van der Waals surface area (Å²) >= 11 is 0. The van der Waals surface area contributed by atoms with Crippen LogP contribution in [-0.2, 0) is 9.53 Å². The van der Waals surface area contributed by atoms with Gasteiger partial charge in [-0.2, -0.15) is 0 Å². The van der Waals surface area contributed by atoms with Crippen molar-refractivity contribution in [2.24, 2.45) is 5.73 Å². The second kappa shape index (κ2) is 7.76. The zero-order chi connectivity index (χ0) is 14.3. The highest BCUT2D eigenvalue weighted by molar-refractivity contribution is 5.77. The minimum atomic E-state index is -0.172. The predicted octanol–water partition coefficient (Wildman–Crippen LogP) is 1.16. The Kier molecular flexibility index (Phi) is 6.32. The molecule has 1 atom stereocenters. The molecule has 0 heterocycles. The maximum absolute atomic E-state index is 11.5. The summed E-state index contributed by atoms with van der Waals surface area (Å²) in [5, 5.41) is 2.70. The van der Waals surface area contributed by atoms with Crippen LogP contribution in [0.2, 0.25) is 0 Å². The molecule has 0 aliphatic rings. The fourth-order valence-electron chi connectivity index (χ4n) is 1.63. The van der Waals surface area contributed by atoms with Crippen LogP contribution >= 0.6 is 0 Å². The second-order valence-electron chi connectivity index (χ2n) is 4.46. The lowest BCUT2D eigenvalue weighted by atomic mass is 10.1. The number of ether oxygens (including phenoxy) is 2. The van der Waals surface area contributed by atoms with E-state index in [1.54, 1.807) is 7.11 Å². The third-order valence-corrected chi connectivity index (χ3v) is 2.65. The first-order chi connectivity index (χ1) is 9.04. The van der Waals surface area contributed by atoms with E-state index in [2.05, 4.69) is 5.32 Å². The Bertz CT molecular complexity index is 419. The fourth-order valence-corrected chi connectivity index (χ4v) is 1.63. The van der Waals surface area contributed by atoms with Gasteiger partial charge in [0.05, 0.1) is 6.61 Å². The standard InChI is InChI=1S/C14H22N2O3/c1-10-4-5-12(11(2)15)13(8-10)19-9-14(17)16-6-7-18-3/h4-5,8,11H,6-7,9,15H2,1-3H3,(H,16,17)/t11-/m0/s1. The normalized spacial score (nSPS) is 12.0. The highest BCUT2D eigenvalue weighted by Gasteiger charge is 2.10. The van der Waals surface area contributed by atoms with E-state index in [0.717, 1.165) is 11.1 Å². The van der Waals surface area contributed by atoms with Gasteiger partial charge in [0.25, 0.3) is 5.91 Å². The van der Waals surface area contributed by atoms with E-state index in [1.165, 1.54) is 0 Å². The molecular formula is C14H22N2O3. The van der Waals surface area contributed by atoms with Crippen LogP contribution < -0.4 is 15.8 Å². The number of aryl methyl sites for hydroxylation is 1. The summed E-state index contributed by atoms with van der Waals surface area (Å²) in [5.74, 6) is 0.492. The highest BCUT2D eigenvalue weighted by atomic mass is 16.5. The van der Waals surface area contributed by atoms with E-state index in [9.17, 15) is 4.79 Å². The van der Waals surface area contributed by atoms with Crippen molar-refractivity contribution in [3.05, 3.63) is 29.3 Å². The summed E-state index contributed by atoms with van der Waals surface area (Å²) in [4.78, 5) is 11.5. The first kappa shape index (κ1) is 15.5. The topological polar surface area (TPSA) is 73.6 Å². The number of methoxy groups -OCH3 is 1. The van der Waals surface area contributed by atoms with Crippen LogP contribution in [0.3, 0.4) is 0 Å². The van der Waals surface area contributed by atoms with E-state index in [0.29, 0.717) is 18.9 Å². The van der Waals surface area contributed by atoms with Gasteiger partial charge in [-0.1, -0.05) is 12.1 Å². The van der Waals surface area contributed by atoms with Crippen molar-refractivity contribution in [2.45, 2.75) is 19.9 Å². The quantitative estimate of drug-likeness (QED) is 0.726. The number of nitrogens with two attached hydrogens (primary N) is 1. The number of benzene rings is 1. The molecule has 0 fully saturated rings. The lowest BCUT2D eigenvalue weighted by Crippen LogP contribution is -2.31. The Hall–Kier alpha value is -1.59. The molecule has 1 amide bonds. The van der Waals surface area contributed by atoms with Crippen molar-refractivity contribution in [3.8, 4) is 5.75 Å². The largest absolute Gasteiger partial charge is 0.483 e. The van der Waals surface area contributed by atoms with Crippen LogP contribution in [0.15, 0.2) is 18.2 Å². The number of carbonyl (C=O) groups is 1. The highest BCUT2D eigenvalue weighted by Crippen LogP contribution is 2.24. The summed E-state index contributed by atoms with van der Waals surface area (Å²) in [5.41, 5.74) is 7.84. The number of rotatable bonds is 7. The van der Waals surface area contributed by atoms with Gasteiger partial charge in [0, 0.05) is 25.3 Å². The Labute approximate surface area is 114 Å². The molecule has 5 heteroatoms. The van der Waals surface area contributed by atoms with Crippen molar-refractivity contribution in [1.82, 2.24) is 5.32 Å². The fraction of sp³-hybridized carbons (Fsp3) is 0.500. The van der Waals surface area contributed by atoms with Gasteiger partial charge in [-0.3, -0.25) is 4.79 Å². The molecule has 5 nitrogen and oxygen atoms in total. The summed E-state index contributed by atoms with van der Waals surface area (Å²) in [6.45, 7) is 4.80. The lowest BCUT2D eigenvalue weighted by Gasteiger charge is -2.14. The summed E-state index contributed by atoms with van der Waals surface area (Å²) < 4.78 is 10.4. The monoisotopic (exact) mass is 266 g/mol. The minimum absolute atomic E-state index is 0.0209. The van der Waals surface area contributed by atoms with E-state index >= 15 is 0 Å². The van der Waals surface area contributed by atoms with Gasteiger partial charge in [0.15, 0.2) is 6.61 Å². The number of hydrogen-bond acceptors (Lipinski definition) is 4. The maximum Gasteiger partial charge on any atom is 0.258 e. The lowest BCUT2D eigenvalue weighted by molar-refractivity contribution is -0.123. The SMILES string of the molecule is COCCNC(=O)COc1cc(C)ccc1[C@H](C)N. The van der Waals surface area contributed by atoms with Crippen molar-refractivity contribution >= 4 is 5.91 Å². The Morgan fingerprint density at radius 2 is 2.21 bits per heavy atom. The van der Waals surface area contributed by atoms with Crippen LogP contribution in [0.25, 0.3) is 0 Å². The van der Waals surface area contributed by atoms with Gasteiger partial charge in [-0.05, 0) is 25.5 Å². The van der Waals surface area contributed by atoms with E-state index < -0.39 is 0 Å². The van der Waals surface area contributed by atoms with E-state index in [1.807, 2.05) is 32.0 Å². The number of amides is 1. The second-order valence-corrected chi connectivity index (χ2v) is 4.46. The van der Waals surface area contributed by atoms with E-state index in [-0.39, 0.29) is 18.6 Å². The zero-order valence-corrected chi connectivity index (χ0v) is 11.7. The number of hydrogen-bond donors (Lipinski definition) is 2. The van der Waals surface area contributed by atoms with Crippen LogP contribution in [-0.4, -0.2) is 32.8 Å². The molecular weight excluding hydrogens is 244 g/mol. The summed E-state index contributed by atoms with van der Waals surface area (Å²) in [6, 6.07) is 5.66. The molecule has 1 aromatic rings. The molecule has 0 radical (unpaired) electrons.